The van der Waals surface area contributed by atoms with Crippen LogP contribution in [-0.4, -0.2) is 9.97 Å². The standard InChI is InChI=1S/C21H12FN5O/c1-11-15(9-23)19(18-8-14-17(28-18)6-7-26-21(14)25)16(10-24)20(27-11)12-2-4-13(22)5-3-12/h2-8H,1H3,(H2,25,26). The Bertz CT molecular complexity index is 1310. The average molecular weight is 369 g/mol. The smallest absolute Gasteiger partial charge is 0.140 e. The molecule has 0 unspecified atom stereocenters. The van der Waals surface area contributed by atoms with Gasteiger partial charge in [-0.2, -0.15) is 10.5 Å². The molecule has 1 aromatic carbocycles. The fourth-order valence-electron chi connectivity index (χ4n) is 3.12. The van der Waals surface area contributed by atoms with Crippen molar-refractivity contribution in [2.75, 3.05) is 5.73 Å². The van der Waals surface area contributed by atoms with E-state index in [1.807, 2.05) is 0 Å². The molecular weight excluding hydrogens is 357 g/mol. The molecule has 4 aromatic rings. The molecule has 28 heavy (non-hydrogen) atoms. The fourth-order valence-corrected chi connectivity index (χ4v) is 3.12. The van der Waals surface area contributed by atoms with Gasteiger partial charge in [-0.1, -0.05) is 0 Å². The van der Waals surface area contributed by atoms with Gasteiger partial charge in [0.05, 0.1) is 33.5 Å². The number of halogens is 1. The number of nitrogen functional groups attached to an aromatic ring is 1. The van der Waals surface area contributed by atoms with Gasteiger partial charge >= 0.3 is 0 Å². The van der Waals surface area contributed by atoms with E-state index in [1.54, 1.807) is 19.1 Å². The Kier molecular flexibility index (Phi) is 3.99. The van der Waals surface area contributed by atoms with Crippen molar-refractivity contribution in [2.24, 2.45) is 0 Å². The van der Waals surface area contributed by atoms with Crippen LogP contribution in [0.2, 0.25) is 0 Å². The first kappa shape index (κ1) is 17.2. The highest BCUT2D eigenvalue weighted by molar-refractivity contribution is 5.93. The van der Waals surface area contributed by atoms with Crippen molar-refractivity contribution >= 4 is 16.8 Å². The zero-order chi connectivity index (χ0) is 19.8. The third kappa shape index (κ3) is 2.63. The molecule has 0 amide bonds. The Labute approximate surface area is 159 Å². The number of anilines is 1. The minimum absolute atomic E-state index is 0.166. The number of fused-ring (bicyclic) bond motifs is 1. The van der Waals surface area contributed by atoms with Crippen LogP contribution in [0.5, 0.6) is 0 Å². The minimum Gasteiger partial charge on any atom is -0.456 e. The number of hydrogen-bond acceptors (Lipinski definition) is 6. The van der Waals surface area contributed by atoms with Gasteiger partial charge in [0.25, 0.3) is 0 Å². The largest absolute Gasteiger partial charge is 0.456 e. The predicted molar refractivity (Wildman–Crippen MR) is 101 cm³/mol. The summed E-state index contributed by atoms with van der Waals surface area (Å²) in [4.78, 5) is 8.46. The van der Waals surface area contributed by atoms with Crippen LogP contribution in [-0.2, 0) is 0 Å². The van der Waals surface area contributed by atoms with Crippen LogP contribution in [0.25, 0.3) is 33.6 Å². The van der Waals surface area contributed by atoms with E-state index in [0.29, 0.717) is 39.2 Å². The summed E-state index contributed by atoms with van der Waals surface area (Å²) in [6.07, 6.45) is 1.52. The highest BCUT2D eigenvalue weighted by Crippen LogP contribution is 2.38. The fraction of sp³-hybridized carbons (Fsp3) is 0.0476. The number of benzene rings is 1. The number of furan rings is 1. The number of aryl methyl sites for hydroxylation is 1. The zero-order valence-corrected chi connectivity index (χ0v) is 14.7. The Morgan fingerprint density at radius 3 is 2.43 bits per heavy atom. The molecule has 0 fully saturated rings. The summed E-state index contributed by atoms with van der Waals surface area (Å²) in [5.41, 5.74) is 8.46. The highest BCUT2D eigenvalue weighted by atomic mass is 19.1. The molecule has 0 saturated carbocycles. The molecule has 6 nitrogen and oxygen atoms in total. The van der Waals surface area contributed by atoms with Crippen molar-refractivity contribution in [1.29, 1.82) is 10.5 Å². The monoisotopic (exact) mass is 369 g/mol. The van der Waals surface area contributed by atoms with Crippen LogP contribution < -0.4 is 5.73 Å². The van der Waals surface area contributed by atoms with Gasteiger partial charge in [0.1, 0.15) is 35.1 Å². The van der Waals surface area contributed by atoms with E-state index in [-0.39, 0.29) is 16.9 Å². The Hall–Kier alpha value is -4.23. The van der Waals surface area contributed by atoms with Crippen LogP contribution in [0.3, 0.4) is 0 Å². The average Bonchev–Trinajstić information content (AvgIpc) is 3.13. The number of rotatable bonds is 2. The Balaban J connectivity index is 2.07. The number of pyridine rings is 2. The molecule has 0 atom stereocenters. The molecule has 3 aromatic heterocycles. The normalized spacial score (nSPS) is 10.6. The van der Waals surface area contributed by atoms with E-state index >= 15 is 0 Å². The summed E-state index contributed by atoms with van der Waals surface area (Å²) in [6, 6.07) is 13.2. The second kappa shape index (κ2) is 6.49. The molecule has 134 valence electrons. The van der Waals surface area contributed by atoms with Crippen molar-refractivity contribution < 1.29 is 8.81 Å². The van der Waals surface area contributed by atoms with Crippen molar-refractivity contribution in [3.63, 3.8) is 0 Å². The lowest BCUT2D eigenvalue weighted by Crippen LogP contribution is -2.01. The quantitative estimate of drug-likeness (QED) is 0.563. The summed E-state index contributed by atoms with van der Waals surface area (Å²) in [7, 11) is 0. The van der Waals surface area contributed by atoms with Crippen LogP contribution in [0.4, 0.5) is 10.2 Å². The van der Waals surface area contributed by atoms with Gasteiger partial charge in [0, 0.05) is 11.8 Å². The lowest BCUT2D eigenvalue weighted by molar-refractivity contribution is 0.628. The third-order valence-electron chi connectivity index (χ3n) is 4.44. The summed E-state index contributed by atoms with van der Waals surface area (Å²) in [5, 5.41) is 20.1. The SMILES string of the molecule is Cc1nc(-c2ccc(F)cc2)c(C#N)c(-c2cc3c(N)nccc3o2)c1C#N. The van der Waals surface area contributed by atoms with Gasteiger partial charge in [-0.05, 0) is 43.3 Å². The van der Waals surface area contributed by atoms with Crippen molar-refractivity contribution in [1.82, 2.24) is 9.97 Å². The first-order chi connectivity index (χ1) is 13.5. The van der Waals surface area contributed by atoms with E-state index in [2.05, 4.69) is 22.1 Å². The van der Waals surface area contributed by atoms with E-state index in [9.17, 15) is 14.9 Å². The lowest BCUT2D eigenvalue weighted by atomic mass is 9.94. The molecule has 4 rings (SSSR count). The summed E-state index contributed by atoms with van der Waals surface area (Å²) in [5.74, 6) is 0.207. The molecule has 3 heterocycles. The number of nitrogens with zero attached hydrogens (tertiary/aromatic N) is 4. The third-order valence-corrected chi connectivity index (χ3v) is 4.44. The molecule has 0 bridgehead atoms. The van der Waals surface area contributed by atoms with Gasteiger partial charge in [-0.25, -0.2) is 9.37 Å². The van der Waals surface area contributed by atoms with Crippen molar-refractivity contribution in [3.8, 4) is 34.7 Å². The molecule has 0 aliphatic rings. The van der Waals surface area contributed by atoms with Gasteiger partial charge in [-0.15, -0.1) is 0 Å². The zero-order valence-electron chi connectivity index (χ0n) is 14.7. The highest BCUT2D eigenvalue weighted by Gasteiger charge is 2.23. The number of nitrogens with two attached hydrogens (primary N) is 1. The predicted octanol–water partition coefficient (Wildman–Crippen LogP) is 4.33. The van der Waals surface area contributed by atoms with Gasteiger partial charge < -0.3 is 10.2 Å². The Morgan fingerprint density at radius 2 is 1.79 bits per heavy atom. The lowest BCUT2D eigenvalue weighted by Gasteiger charge is -2.12. The Morgan fingerprint density at radius 1 is 1.07 bits per heavy atom. The molecule has 0 aliphatic heterocycles. The van der Waals surface area contributed by atoms with E-state index < -0.39 is 5.82 Å². The van der Waals surface area contributed by atoms with Crippen LogP contribution in [0.1, 0.15) is 16.8 Å². The van der Waals surface area contributed by atoms with Crippen molar-refractivity contribution in [3.05, 3.63) is 65.2 Å². The minimum atomic E-state index is -0.395. The van der Waals surface area contributed by atoms with Crippen molar-refractivity contribution in [2.45, 2.75) is 6.92 Å². The molecule has 0 aliphatic carbocycles. The molecule has 0 radical (unpaired) electrons. The van der Waals surface area contributed by atoms with Crippen LogP contribution >= 0.6 is 0 Å². The van der Waals surface area contributed by atoms with E-state index in [4.69, 9.17) is 10.2 Å². The van der Waals surface area contributed by atoms with Gasteiger partial charge in [-0.3, -0.25) is 4.98 Å². The summed E-state index contributed by atoms with van der Waals surface area (Å²) < 4.78 is 19.2. The maximum atomic E-state index is 13.3. The molecule has 0 saturated heterocycles. The number of aromatic nitrogens is 2. The maximum absolute atomic E-state index is 13.3. The summed E-state index contributed by atoms with van der Waals surface area (Å²) in [6.45, 7) is 1.68. The number of nitriles is 2. The van der Waals surface area contributed by atoms with Crippen LogP contribution in [0.15, 0.2) is 47.0 Å². The van der Waals surface area contributed by atoms with E-state index in [1.165, 1.54) is 30.5 Å². The second-order valence-electron chi connectivity index (χ2n) is 6.12. The summed E-state index contributed by atoms with van der Waals surface area (Å²) >= 11 is 0. The molecule has 7 heteroatoms. The number of hydrogen-bond donors (Lipinski definition) is 1. The molecule has 0 spiro atoms. The first-order valence-electron chi connectivity index (χ1n) is 8.28. The maximum Gasteiger partial charge on any atom is 0.140 e. The topological polar surface area (TPSA) is 113 Å². The van der Waals surface area contributed by atoms with Gasteiger partial charge in [0.2, 0.25) is 0 Å². The first-order valence-corrected chi connectivity index (χ1v) is 8.28. The van der Waals surface area contributed by atoms with Crippen LogP contribution in [0, 0.1) is 35.4 Å². The molecular formula is C21H12FN5O. The second-order valence-corrected chi connectivity index (χ2v) is 6.12. The van der Waals surface area contributed by atoms with Gasteiger partial charge in [0.15, 0.2) is 0 Å². The molecule has 2 N–H and O–H groups in total. The van der Waals surface area contributed by atoms with E-state index in [0.717, 1.165) is 0 Å².